The van der Waals surface area contributed by atoms with Crippen LogP contribution in [0.1, 0.15) is 13.8 Å². The monoisotopic (exact) mass is 235 g/mol. The lowest BCUT2D eigenvalue weighted by atomic mass is 10.1. The SMILES string of the molecule is COc1cc(N2CC(C)NC(C)C2)ccc1N. The Bertz CT molecular complexity index is 384. The highest BCUT2D eigenvalue weighted by atomic mass is 16.5. The van der Waals surface area contributed by atoms with E-state index < -0.39 is 0 Å². The number of benzene rings is 1. The molecule has 0 bridgehead atoms. The Labute approximate surface area is 103 Å². The Morgan fingerprint density at radius 3 is 2.53 bits per heavy atom. The molecule has 3 N–H and O–H groups in total. The molecule has 0 amide bonds. The number of hydrogen-bond acceptors (Lipinski definition) is 4. The number of nitrogens with one attached hydrogen (secondary N) is 1. The van der Waals surface area contributed by atoms with E-state index in [1.54, 1.807) is 7.11 Å². The number of piperazine rings is 1. The fraction of sp³-hybridized carbons (Fsp3) is 0.538. The minimum Gasteiger partial charge on any atom is -0.495 e. The molecule has 94 valence electrons. The molecule has 4 nitrogen and oxygen atoms in total. The van der Waals surface area contributed by atoms with Crippen LogP contribution in [0.4, 0.5) is 11.4 Å². The first-order valence-corrected chi connectivity index (χ1v) is 6.04. The second kappa shape index (κ2) is 4.84. The summed E-state index contributed by atoms with van der Waals surface area (Å²) in [6, 6.07) is 6.98. The van der Waals surface area contributed by atoms with Crippen molar-refractivity contribution in [2.75, 3.05) is 30.8 Å². The molecule has 1 fully saturated rings. The Morgan fingerprint density at radius 2 is 1.94 bits per heavy atom. The summed E-state index contributed by atoms with van der Waals surface area (Å²) >= 11 is 0. The van der Waals surface area contributed by atoms with E-state index in [0.717, 1.165) is 18.8 Å². The maximum atomic E-state index is 5.83. The highest BCUT2D eigenvalue weighted by Crippen LogP contribution is 2.28. The summed E-state index contributed by atoms with van der Waals surface area (Å²) in [6.07, 6.45) is 0. The molecule has 1 aliphatic heterocycles. The Kier molecular flexibility index (Phi) is 3.43. The third-order valence-corrected chi connectivity index (χ3v) is 3.14. The zero-order chi connectivity index (χ0) is 12.4. The molecule has 0 aliphatic carbocycles. The molecule has 1 heterocycles. The van der Waals surface area contributed by atoms with Crippen molar-refractivity contribution in [2.24, 2.45) is 0 Å². The van der Waals surface area contributed by atoms with Crippen LogP contribution in [-0.2, 0) is 0 Å². The van der Waals surface area contributed by atoms with Crippen LogP contribution in [0.2, 0.25) is 0 Å². The molecule has 2 rings (SSSR count). The standard InChI is InChI=1S/C13H21N3O/c1-9-7-16(8-10(2)15-9)11-4-5-12(14)13(6-11)17-3/h4-6,9-10,15H,7-8,14H2,1-3H3. The van der Waals surface area contributed by atoms with E-state index in [2.05, 4.69) is 30.1 Å². The molecule has 0 radical (unpaired) electrons. The summed E-state index contributed by atoms with van der Waals surface area (Å²) in [5.74, 6) is 0.751. The first-order valence-electron chi connectivity index (χ1n) is 6.04. The van der Waals surface area contributed by atoms with Crippen molar-refractivity contribution in [3.63, 3.8) is 0 Å². The van der Waals surface area contributed by atoms with Crippen molar-refractivity contribution >= 4 is 11.4 Å². The summed E-state index contributed by atoms with van der Waals surface area (Å²) in [4.78, 5) is 2.37. The van der Waals surface area contributed by atoms with E-state index >= 15 is 0 Å². The van der Waals surface area contributed by atoms with Crippen molar-refractivity contribution in [3.8, 4) is 5.75 Å². The predicted molar refractivity (Wildman–Crippen MR) is 71.7 cm³/mol. The number of nitrogens with zero attached hydrogens (tertiary/aromatic N) is 1. The van der Waals surface area contributed by atoms with Crippen molar-refractivity contribution in [3.05, 3.63) is 18.2 Å². The zero-order valence-electron chi connectivity index (χ0n) is 10.7. The first kappa shape index (κ1) is 12.0. The van der Waals surface area contributed by atoms with Gasteiger partial charge in [-0.25, -0.2) is 0 Å². The smallest absolute Gasteiger partial charge is 0.143 e. The predicted octanol–water partition coefficient (Wildman–Crippen LogP) is 1.46. The van der Waals surface area contributed by atoms with Crippen LogP contribution in [0.15, 0.2) is 18.2 Å². The van der Waals surface area contributed by atoms with Crippen molar-refractivity contribution in [2.45, 2.75) is 25.9 Å². The second-order valence-corrected chi connectivity index (χ2v) is 4.80. The summed E-state index contributed by atoms with van der Waals surface area (Å²) in [7, 11) is 1.65. The molecule has 1 saturated heterocycles. The molecule has 0 saturated carbocycles. The molecule has 1 aliphatic rings. The van der Waals surface area contributed by atoms with E-state index in [4.69, 9.17) is 10.5 Å². The van der Waals surface area contributed by atoms with Crippen LogP contribution in [0.3, 0.4) is 0 Å². The zero-order valence-corrected chi connectivity index (χ0v) is 10.7. The molecule has 0 spiro atoms. The van der Waals surface area contributed by atoms with E-state index in [0.29, 0.717) is 17.8 Å². The maximum absolute atomic E-state index is 5.83. The number of nitrogen functional groups attached to an aromatic ring is 1. The molecule has 1 aromatic carbocycles. The first-order chi connectivity index (χ1) is 8.10. The number of hydrogen-bond donors (Lipinski definition) is 2. The van der Waals surface area contributed by atoms with Gasteiger partial charge in [0.25, 0.3) is 0 Å². The van der Waals surface area contributed by atoms with Gasteiger partial charge in [0.15, 0.2) is 0 Å². The summed E-state index contributed by atoms with van der Waals surface area (Å²) in [5.41, 5.74) is 7.69. The lowest BCUT2D eigenvalue weighted by Gasteiger charge is -2.37. The molecular formula is C13H21N3O. The summed E-state index contributed by atoms with van der Waals surface area (Å²) in [6.45, 7) is 6.43. The van der Waals surface area contributed by atoms with Gasteiger partial charge in [-0.3, -0.25) is 0 Å². The lowest BCUT2D eigenvalue weighted by molar-refractivity contribution is 0.403. The highest BCUT2D eigenvalue weighted by Gasteiger charge is 2.21. The molecule has 1 aromatic rings. The lowest BCUT2D eigenvalue weighted by Crippen LogP contribution is -2.54. The van der Waals surface area contributed by atoms with Crippen molar-refractivity contribution < 1.29 is 4.74 Å². The Hall–Kier alpha value is -1.42. The number of rotatable bonds is 2. The van der Waals surface area contributed by atoms with Gasteiger partial charge in [0.2, 0.25) is 0 Å². The molecular weight excluding hydrogens is 214 g/mol. The Balaban J connectivity index is 2.21. The molecule has 2 atom stereocenters. The largest absolute Gasteiger partial charge is 0.495 e. The maximum Gasteiger partial charge on any atom is 0.143 e. The van der Waals surface area contributed by atoms with Crippen LogP contribution in [0.5, 0.6) is 5.75 Å². The number of anilines is 2. The van der Waals surface area contributed by atoms with Gasteiger partial charge in [0.1, 0.15) is 5.75 Å². The van der Waals surface area contributed by atoms with Gasteiger partial charge in [0, 0.05) is 36.9 Å². The van der Waals surface area contributed by atoms with Gasteiger partial charge < -0.3 is 20.7 Å². The third-order valence-electron chi connectivity index (χ3n) is 3.14. The molecule has 2 unspecified atom stereocenters. The van der Waals surface area contributed by atoms with Gasteiger partial charge in [-0.1, -0.05) is 0 Å². The highest BCUT2D eigenvalue weighted by molar-refractivity contribution is 5.62. The third kappa shape index (κ3) is 2.64. The minimum atomic E-state index is 0.502. The quantitative estimate of drug-likeness (QED) is 0.762. The topological polar surface area (TPSA) is 50.5 Å². The van der Waals surface area contributed by atoms with Gasteiger partial charge >= 0.3 is 0 Å². The van der Waals surface area contributed by atoms with Crippen molar-refractivity contribution in [1.29, 1.82) is 0 Å². The Morgan fingerprint density at radius 1 is 1.29 bits per heavy atom. The molecule has 17 heavy (non-hydrogen) atoms. The van der Waals surface area contributed by atoms with Gasteiger partial charge in [-0.15, -0.1) is 0 Å². The fourth-order valence-corrected chi connectivity index (χ4v) is 2.43. The minimum absolute atomic E-state index is 0.502. The van der Waals surface area contributed by atoms with E-state index in [9.17, 15) is 0 Å². The van der Waals surface area contributed by atoms with E-state index in [1.165, 1.54) is 5.69 Å². The number of ether oxygens (including phenoxy) is 1. The van der Waals surface area contributed by atoms with Crippen LogP contribution in [-0.4, -0.2) is 32.3 Å². The molecule has 0 aromatic heterocycles. The van der Waals surface area contributed by atoms with E-state index in [1.807, 2.05) is 12.1 Å². The summed E-state index contributed by atoms with van der Waals surface area (Å²) in [5, 5.41) is 3.52. The average molecular weight is 235 g/mol. The van der Waals surface area contributed by atoms with Crippen LogP contribution in [0.25, 0.3) is 0 Å². The fourth-order valence-electron chi connectivity index (χ4n) is 2.43. The molecule has 4 heteroatoms. The normalized spacial score (nSPS) is 24.8. The number of nitrogens with two attached hydrogens (primary N) is 1. The van der Waals surface area contributed by atoms with Crippen LogP contribution in [0, 0.1) is 0 Å². The second-order valence-electron chi connectivity index (χ2n) is 4.80. The summed E-state index contributed by atoms with van der Waals surface area (Å²) < 4.78 is 5.26. The number of methoxy groups -OCH3 is 1. The average Bonchev–Trinajstić information content (AvgIpc) is 2.28. The van der Waals surface area contributed by atoms with Gasteiger partial charge in [0.05, 0.1) is 12.8 Å². The van der Waals surface area contributed by atoms with Crippen LogP contribution >= 0.6 is 0 Å². The van der Waals surface area contributed by atoms with E-state index in [-0.39, 0.29) is 0 Å². The van der Waals surface area contributed by atoms with Gasteiger partial charge in [-0.2, -0.15) is 0 Å². The van der Waals surface area contributed by atoms with Crippen LogP contribution < -0.4 is 20.7 Å². The van der Waals surface area contributed by atoms with Gasteiger partial charge in [-0.05, 0) is 26.0 Å². The van der Waals surface area contributed by atoms with Crippen molar-refractivity contribution in [1.82, 2.24) is 5.32 Å².